The number of hydrogen-bond acceptors (Lipinski definition) is 6. The van der Waals surface area contributed by atoms with Crippen LogP contribution in [0.4, 0.5) is 11.8 Å². The first-order chi connectivity index (χ1) is 11.7. The minimum atomic E-state index is 0.404. The first-order valence-corrected chi connectivity index (χ1v) is 8.80. The van der Waals surface area contributed by atoms with E-state index in [4.69, 9.17) is 4.98 Å². The van der Waals surface area contributed by atoms with Gasteiger partial charge < -0.3 is 9.80 Å². The summed E-state index contributed by atoms with van der Waals surface area (Å²) >= 11 is 0. The highest BCUT2D eigenvalue weighted by atomic mass is 15.3. The van der Waals surface area contributed by atoms with Crippen LogP contribution >= 0.6 is 0 Å². The maximum atomic E-state index is 4.80. The molecule has 1 atom stereocenters. The fourth-order valence-electron chi connectivity index (χ4n) is 3.29. The lowest BCUT2D eigenvalue weighted by molar-refractivity contribution is 0.480. The molecular formula is C18H24N6. The number of hydrogen-bond donors (Lipinski definition) is 0. The van der Waals surface area contributed by atoms with Gasteiger partial charge in [0, 0.05) is 50.7 Å². The number of rotatable bonds is 4. The average Bonchev–Trinajstić information content (AvgIpc) is 3.47. The number of likely N-dealkylation sites (N-methyl/N-ethyl adjacent to an activating group) is 1. The first kappa shape index (κ1) is 15.3. The quantitative estimate of drug-likeness (QED) is 0.861. The Bertz CT molecular complexity index is 697. The zero-order chi connectivity index (χ0) is 16.5. The van der Waals surface area contributed by atoms with Crippen molar-refractivity contribution in [2.75, 3.05) is 29.9 Å². The highest BCUT2D eigenvalue weighted by Crippen LogP contribution is 2.38. The monoisotopic (exact) mass is 324 g/mol. The van der Waals surface area contributed by atoms with Gasteiger partial charge in [-0.25, -0.2) is 19.9 Å². The van der Waals surface area contributed by atoms with Crippen LogP contribution in [0.1, 0.15) is 43.0 Å². The van der Waals surface area contributed by atoms with Crippen LogP contribution in [-0.2, 0) is 0 Å². The third-order valence-corrected chi connectivity index (χ3v) is 4.95. The molecule has 24 heavy (non-hydrogen) atoms. The molecule has 1 aliphatic heterocycles. The second kappa shape index (κ2) is 6.34. The number of anilines is 2. The minimum Gasteiger partial charge on any atom is -0.354 e. The fraction of sp³-hybridized carbons (Fsp3) is 0.556. The smallest absolute Gasteiger partial charge is 0.225 e. The predicted molar refractivity (Wildman–Crippen MR) is 94.4 cm³/mol. The van der Waals surface area contributed by atoms with Gasteiger partial charge in [0.15, 0.2) is 0 Å². The Morgan fingerprint density at radius 1 is 1.12 bits per heavy atom. The summed E-state index contributed by atoms with van der Waals surface area (Å²) in [6, 6.07) is 2.44. The largest absolute Gasteiger partial charge is 0.354 e. The number of piperidine rings is 1. The molecule has 0 radical (unpaired) electrons. The van der Waals surface area contributed by atoms with Crippen molar-refractivity contribution < 1.29 is 0 Å². The molecule has 1 saturated carbocycles. The Balaban J connectivity index is 1.48. The van der Waals surface area contributed by atoms with Crippen molar-refractivity contribution in [3.05, 3.63) is 36.0 Å². The van der Waals surface area contributed by atoms with Gasteiger partial charge in [0.25, 0.3) is 0 Å². The van der Waals surface area contributed by atoms with Gasteiger partial charge in [0.05, 0.1) is 0 Å². The van der Waals surface area contributed by atoms with Gasteiger partial charge in [-0.05, 0) is 44.2 Å². The summed E-state index contributed by atoms with van der Waals surface area (Å²) < 4.78 is 0. The van der Waals surface area contributed by atoms with Crippen molar-refractivity contribution in [3.8, 4) is 0 Å². The van der Waals surface area contributed by atoms with E-state index in [9.17, 15) is 0 Å². The summed E-state index contributed by atoms with van der Waals surface area (Å²) in [5.41, 5.74) is 1.09. The van der Waals surface area contributed by atoms with E-state index in [0.717, 1.165) is 49.1 Å². The molecule has 0 spiro atoms. The Morgan fingerprint density at radius 3 is 2.67 bits per heavy atom. The molecule has 0 amide bonds. The molecule has 126 valence electrons. The molecule has 1 saturated heterocycles. The van der Waals surface area contributed by atoms with Gasteiger partial charge >= 0.3 is 0 Å². The van der Waals surface area contributed by atoms with E-state index in [2.05, 4.69) is 31.8 Å². The molecule has 2 aromatic heterocycles. The zero-order valence-corrected chi connectivity index (χ0v) is 14.4. The van der Waals surface area contributed by atoms with Crippen LogP contribution in [0.2, 0.25) is 0 Å². The van der Waals surface area contributed by atoms with Crippen molar-refractivity contribution in [1.29, 1.82) is 0 Å². The molecule has 2 aliphatic rings. The molecule has 3 heterocycles. The van der Waals surface area contributed by atoms with Crippen LogP contribution in [0.3, 0.4) is 0 Å². The van der Waals surface area contributed by atoms with Crippen LogP contribution in [-0.4, -0.2) is 46.1 Å². The Morgan fingerprint density at radius 2 is 1.92 bits per heavy atom. The number of nitrogens with zero attached hydrogens (tertiary/aromatic N) is 6. The lowest BCUT2D eigenvalue weighted by atomic mass is 10.0. The molecule has 0 bridgehead atoms. The van der Waals surface area contributed by atoms with Crippen LogP contribution in [0.5, 0.6) is 0 Å². The second-order valence-corrected chi connectivity index (χ2v) is 6.96. The molecule has 6 nitrogen and oxygen atoms in total. The minimum absolute atomic E-state index is 0.404. The van der Waals surface area contributed by atoms with E-state index in [1.54, 1.807) is 0 Å². The van der Waals surface area contributed by atoms with Crippen molar-refractivity contribution in [3.63, 3.8) is 0 Å². The maximum Gasteiger partial charge on any atom is 0.225 e. The third kappa shape index (κ3) is 3.18. The Labute approximate surface area is 143 Å². The third-order valence-electron chi connectivity index (χ3n) is 4.95. The van der Waals surface area contributed by atoms with Crippen molar-refractivity contribution >= 4 is 11.8 Å². The van der Waals surface area contributed by atoms with Gasteiger partial charge in [-0.15, -0.1) is 0 Å². The highest BCUT2D eigenvalue weighted by molar-refractivity contribution is 5.41. The zero-order valence-electron chi connectivity index (χ0n) is 14.4. The molecule has 1 aliphatic carbocycles. The van der Waals surface area contributed by atoms with E-state index in [1.165, 1.54) is 12.8 Å². The summed E-state index contributed by atoms with van der Waals surface area (Å²) in [7, 11) is 2.09. The Hall–Kier alpha value is -2.24. The van der Waals surface area contributed by atoms with Crippen LogP contribution in [0.25, 0.3) is 0 Å². The molecule has 6 heteroatoms. The van der Waals surface area contributed by atoms with E-state index in [-0.39, 0.29) is 0 Å². The number of aryl methyl sites for hydroxylation is 1. The topological polar surface area (TPSA) is 58.0 Å². The van der Waals surface area contributed by atoms with Crippen LogP contribution in [0.15, 0.2) is 24.7 Å². The van der Waals surface area contributed by atoms with Crippen molar-refractivity contribution in [2.45, 2.75) is 44.6 Å². The molecule has 2 aromatic rings. The lowest BCUT2D eigenvalue weighted by Crippen LogP contribution is -2.47. The predicted octanol–water partition coefficient (Wildman–Crippen LogP) is 2.56. The van der Waals surface area contributed by atoms with Gasteiger partial charge in [0.1, 0.15) is 11.6 Å². The summed E-state index contributed by atoms with van der Waals surface area (Å²) in [6.45, 7) is 4.02. The summed E-state index contributed by atoms with van der Waals surface area (Å²) in [4.78, 5) is 22.8. The molecule has 0 N–H and O–H groups in total. The fourth-order valence-corrected chi connectivity index (χ4v) is 3.29. The SMILES string of the molecule is Cc1cnc(N(C)C2CCCN(c3ccnc(C4CC4)n3)C2)nc1. The normalized spacial score (nSPS) is 20.9. The molecule has 0 aromatic carbocycles. The summed E-state index contributed by atoms with van der Waals surface area (Å²) in [5.74, 6) is 3.47. The number of aromatic nitrogens is 4. The second-order valence-electron chi connectivity index (χ2n) is 6.96. The van der Waals surface area contributed by atoms with Gasteiger partial charge in [-0.1, -0.05) is 0 Å². The summed E-state index contributed by atoms with van der Waals surface area (Å²) in [6.07, 6.45) is 10.5. The van der Waals surface area contributed by atoms with E-state index < -0.39 is 0 Å². The van der Waals surface area contributed by atoms with Crippen molar-refractivity contribution in [1.82, 2.24) is 19.9 Å². The van der Waals surface area contributed by atoms with E-state index in [0.29, 0.717) is 12.0 Å². The summed E-state index contributed by atoms with van der Waals surface area (Å²) in [5, 5.41) is 0. The van der Waals surface area contributed by atoms with Crippen molar-refractivity contribution in [2.24, 2.45) is 0 Å². The molecular weight excluding hydrogens is 300 g/mol. The lowest BCUT2D eigenvalue weighted by Gasteiger charge is -2.38. The standard InChI is InChI=1S/C18H24N6/c1-13-10-20-18(21-11-13)23(2)15-4-3-9-24(12-15)16-7-8-19-17(22-16)14-5-6-14/h7-8,10-11,14-15H,3-6,9,12H2,1-2H3. The molecule has 2 fully saturated rings. The van der Waals surface area contributed by atoms with E-state index in [1.807, 2.05) is 31.6 Å². The molecule has 4 rings (SSSR count). The van der Waals surface area contributed by atoms with Gasteiger partial charge in [-0.3, -0.25) is 0 Å². The maximum absolute atomic E-state index is 4.80. The highest BCUT2D eigenvalue weighted by Gasteiger charge is 2.29. The Kier molecular flexibility index (Phi) is 4.04. The van der Waals surface area contributed by atoms with E-state index >= 15 is 0 Å². The average molecular weight is 324 g/mol. The van der Waals surface area contributed by atoms with Crippen LogP contribution < -0.4 is 9.80 Å². The molecule has 1 unspecified atom stereocenters. The van der Waals surface area contributed by atoms with Crippen LogP contribution in [0, 0.1) is 6.92 Å². The van der Waals surface area contributed by atoms with Gasteiger partial charge in [0.2, 0.25) is 5.95 Å². The first-order valence-electron chi connectivity index (χ1n) is 8.80. The van der Waals surface area contributed by atoms with Gasteiger partial charge in [-0.2, -0.15) is 0 Å².